The molecular weight excluding hydrogens is 196 g/mol. The van der Waals surface area contributed by atoms with Gasteiger partial charge in [0.05, 0.1) is 0 Å². The summed E-state index contributed by atoms with van der Waals surface area (Å²) in [5.41, 5.74) is 0. The summed E-state index contributed by atoms with van der Waals surface area (Å²) in [7, 11) is 1.92. The molecule has 0 aliphatic heterocycles. The molecule has 5 heteroatoms. The summed E-state index contributed by atoms with van der Waals surface area (Å²) >= 11 is 1.75. The number of nitrogens with zero attached hydrogens (tertiary/aromatic N) is 3. The third kappa shape index (κ3) is 3.67. The van der Waals surface area contributed by atoms with Crippen LogP contribution in [0.4, 0.5) is 0 Å². The first-order chi connectivity index (χ1) is 6.74. The van der Waals surface area contributed by atoms with Crippen molar-refractivity contribution in [3.05, 3.63) is 6.33 Å². The van der Waals surface area contributed by atoms with Crippen LogP contribution in [-0.2, 0) is 7.05 Å². The van der Waals surface area contributed by atoms with Gasteiger partial charge in [0.2, 0.25) is 0 Å². The number of nitrogens with one attached hydrogen (secondary N) is 1. The van der Waals surface area contributed by atoms with Crippen molar-refractivity contribution in [2.24, 2.45) is 7.05 Å². The summed E-state index contributed by atoms with van der Waals surface area (Å²) in [6.45, 7) is 6.48. The summed E-state index contributed by atoms with van der Waals surface area (Å²) in [4.78, 5) is 4.17. The highest BCUT2D eigenvalue weighted by molar-refractivity contribution is 7.99. The first kappa shape index (κ1) is 11.5. The summed E-state index contributed by atoms with van der Waals surface area (Å²) in [5, 5.41) is 8.93. The van der Waals surface area contributed by atoms with E-state index in [2.05, 4.69) is 29.2 Å². The molecule has 1 rings (SSSR count). The fourth-order valence-corrected chi connectivity index (χ4v) is 1.96. The number of rotatable bonds is 6. The normalized spacial score (nSPS) is 13.1. The number of hydrogen-bond acceptors (Lipinski definition) is 4. The minimum Gasteiger partial charge on any atom is -0.316 e. The first-order valence-electron chi connectivity index (χ1n) is 4.95. The molecule has 0 radical (unpaired) electrons. The van der Waals surface area contributed by atoms with E-state index in [1.165, 1.54) is 6.42 Å². The molecule has 0 bridgehead atoms. The maximum Gasteiger partial charge on any atom is 0.186 e. The standard InChI is InChI=1S/C9H18N4S/c1-4-5-10-6-8(2)14-9-11-7-12-13(9)3/h7-8,10H,4-6H2,1-3H3. The zero-order chi connectivity index (χ0) is 10.4. The van der Waals surface area contributed by atoms with Crippen molar-refractivity contribution in [1.82, 2.24) is 20.1 Å². The molecule has 80 valence electrons. The molecule has 0 saturated heterocycles. The van der Waals surface area contributed by atoms with Crippen molar-refractivity contribution in [1.29, 1.82) is 0 Å². The maximum absolute atomic E-state index is 4.17. The first-order valence-corrected chi connectivity index (χ1v) is 5.83. The lowest BCUT2D eigenvalue weighted by atomic mass is 10.4. The summed E-state index contributed by atoms with van der Waals surface area (Å²) in [6.07, 6.45) is 2.77. The van der Waals surface area contributed by atoms with Crippen LogP contribution in [0.1, 0.15) is 20.3 Å². The maximum atomic E-state index is 4.17. The number of aromatic nitrogens is 3. The molecule has 0 aliphatic rings. The number of aryl methyl sites for hydroxylation is 1. The van der Waals surface area contributed by atoms with Crippen molar-refractivity contribution in [2.45, 2.75) is 30.7 Å². The molecule has 0 saturated carbocycles. The Hall–Kier alpha value is -0.550. The van der Waals surface area contributed by atoms with Gasteiger partial charge in [-0.1, -0.05) is 25.6 Å². The molecule has 0 fully saturated rings. The van der Waals surface area contributed by atoms with Crippen LogP contribution in [0.5, 0.6) is 0 Å². The van der Waals surface area contributed by atoms with Crippen LogP contribution in [-0.4, -0.2) is 33.1 Å². The molecule has 0 aromatic carbocycles. The van der Waals surface area contributed by atoms with Crippen LogP contribution in [0.25, 0.3) is 0 Å². The molecule has 1 atom stereocenters. The zero-order valence-electron chi connectivity index (χ0n) is 9.03. The summed E-state index contributed by atoms with van der Waals surface area (Å²) in [5.74, 6) is 0. The Labute approximate surface area is 89.5 Å². The highest BCUT2D eigenvalue weighted by atomic mass is 32.2. The Balaban J connectivity index is 2.27. The van der Waals surface area contributed by atoms with E-state index in [0.717, 1.165) is 18.2 Å². The smallest absolute Gasteiger partial charge is 0.186 e. The van der Waals surface area contributed by atoms with Gasteiger partial charge in [-0.05, 0) is 13.0 Å². The third-order valence-electron chi connectivity index (χ3n) is 1.84. The van der Waals surface area contributed by atoms with Gasteiger partial charge in [-0.25, -0.2) is 9.67 Å². The predicted molar refractivity (Wildman–Crippen MR) is 59.5 cm³/mol. The van der Waals surface area contributed by atoms with Gasteiger partial charge >= 0.3 is 0 Å². The van der Waals surface area contributed by atoms with E-state index >= 15 is 0 Å². The van der Waals surface area contributed by atoms with Crippen molar-refractivity contribution >= 4 is 11.8 Å². The Morgan fingerprint density at radius 3 is 3.00 bits per heavy atom. The summed E-state index contributed by atoms with van der Waals surface area (Å²) < 4.78 is 1.81. The Bertz CT molecular complexity index is 261. The van der Waals surface area contributed by atoms with Gasteiger partial charge in [0.25, 0.3) is 0 Å². The van der Waals surface area contributed by atoms with Gasteiger partial charge < -0.3 is 5.32 Å². The topological polar surface area (TPSA) is 42.7 Å². The van der Waals surface area contributed by atoms with E-state index in [4.69, 9.17) is 0 Å². The molecule has 0 spiro atoms. The average Bonchev–Trinajstić information content (AvgIpc) is 2.52. The molecule has 14 heavy (non-hydrogen) atoms. The highest BCUT2D eigenvalue weighted by Gasteiger charge is 2.07. The van der Waals surface area contributed by atoms with Crippen LogP contribution in [0.3, 0.4) is 0 Å². The summed E-state index contributed by atoms with van der Waals surface area (Å²) in [6, 6.07) is 0. The van der Waals surface area contributed by atoms with Crippen molar-refractivity contribution in [2.75, 3.05) is 13.1 Å². The van der Waals surface area contributed by atoms with E-state index in [9.17, 15) is 0 Å². The molecule has 0 amide bonds. The van der Waals surface area contributed by atoms with Crippen molar-refractivity contribution in [3.63, 3.8) is 0 Å². The van der Waals surface area contributed by atoms with E-state index < -0.39 is 0 Å². The molecular formula is C9H18N4S. The van der Waals surface area contributed by atoms with Gasteiger partial charge in [0.1, 0.15) is 6.33 Å². The molecule has 1 N–H and O–H groups in total. The number of thioether (sulfide) groups is 1. The SMILES string of the molecule is CCCNCC(C)Sc1ncnn1C. The van der Waals surface area contributed by atoms with Gasteiger partial charge in [-0.3, -0.25) is 0 Å². The fraction of sp³-hybridized carbons (Fsp3) is 0.778. The predicted octanol–water partition coefficient (Wildman–Crippen LogP) is 1.30. The largest absolute Gasteiger partial charge is 0.316 e. The van der Waals surface area contributed by atoms with Crippen molar-refractivity contribution < 1.29 is 0 Å². The zero-order valence-corrected chi connectivity index (χ0v) is 9.84. The second-order valence-corrected chi connectivity index (χ2v) is 4.70. The van der Waals surface area contributed by atoms with Crippen LogP contribution >= 0.6 is 11.8 Å². The molecule has 1 aromatic heterocycles. The van der Waals surface area contributed by atoms with Crippen molar-refractivity contribution in [3.8, 4) is 0 Å². The van der Waals surface area contributed by atoms with Gasteiger partial charge in [-0.2, -0.15) is 5.10 Å². The lowest BCUT2D eigenvalue weighted by Gasteiger charge is -2.10. The van der Waals surface area contributed by atoms with E-state index in [1.54, 1.807) is 22.8 Å². The molecule has 1 heterocycles. The Morgan fingerprint density at radius 1 is 1.64 bits per heavy atom. The molecule has 1 aromatic rings. The van der Waals surface area contributed by atoms with Gasteiger partial charge in [0, 0.05) is 18.8 Å². The van der Waals surface area contributed by atoms with E-state index in [-0.39, 0.29) is 0 Å². The lowest BCUT2D eigenvalue weighted by molar-refractivity contribution is 0.658. The Morgan fingerprint density at radius 2 is 2.43 bits per heavy atom. The lowest BCUT2D eigenvalue weighted by Crippen LogP contribution is -2.23. The van der Waals surface area contributed by atoms with Crippen LogP contribution in [0, 0.1) is 0 Å². The van der Waals surface area contributed by atoms with Crippen LogP contribution in [0.15, 0.2) is 11.5 Å². The fourth-order valence-electron chi connectivity index (χ4n) is 1.10. The minimum absolute atomic E-state index is 0.532. The third-order valence-corrected chi connectivity index (χ3v) is 2.98. The van der Waals surface area contributed by atoms with Crippen LogP contribution in [0.2, 0.25) is 0 Å². The Kier molecular flexibility index (Phi) is 4.97. The molecule has 0 aliphatic carbocycles. The monoisotopic (exact) mass is 214 g/mol. The average molecular weight is 214 g/mol. The van der Waals surface area contributed by atoms with E-state index in [1.807, 2.05) is 7.05 Å². The van der Waals surface area contributed by atoms with Gasteiger partial charge in [-0.15, -0.1) is 0 Å². The second kappa shape index (κ2) is 6.03. The second-order valence-electron chi connectivity index (χ2n) is 3.30. The molecule has 1 unspecified atom stereocenters. The quantitative estimate of drug-likeness (QED) is 0.572. The van der Waals surface area contributed by atoms with Crippen LogP contribution < -0.4 is 5.32 Å². The van der Waals surface area contributed by atoms with E-state index in [0.29, 0.717) is 5.25 Å². The minimum atomic E-state index is 0.532. The van der Waals surface area contributed by atoms with Gasteiger partial charge in [0.15, 0.2) is 5.16 Å². The number of hydrogen-bond donors (Lipinski definition) is 1. The highest BCUT2D eigenvalue weighted by Crippen LogP contribution is 2.18. The molecule has 4 nitrogen and oxygen atoms in total.